The molecule has 114 valence electrons. The normalized spacial score (nSPS) is 25.0. The Hall–Kier alpha value is -1.35. The van der Waals surface area contributed by atoms with Crippen LogP contribution in [0.2, 0.25) is 0 Å². The highest BCUT2D eigenvalue weighted by molar-refractivity contribution is 5.94. The van der Waals surface area contributed by atoms with E-state index in [2.05, 4.69) is 29.3 Å². The maximum atomic E-state index is 12.8. The summed E-state index contributed by atoms with van der Waals surface area (Å²) in [5.41, 5.74) is 3.71. The van der Waals surface area contributed by atoms with Gasteiger partial charge in [-0.25, -0.2) is 0 Å². The number of amides is 1. The quantitative estimate of drug-likeness (QED) is 0.926. The molecule has 2 unspecified atom stereocenters. The lowest BCUT2D eigenvalue weighted by atomic mass is 9.89. The van der Waals surface area contributed by atoms with Gasteiger partial charge < -0.3 is 10.2 Å². The van der Waals surface area contributed by atoms with E-state index in [1.54, 1.807) is 0 Å². The summed E-state index contributed by atoms with van der Waals surface area (Å²) >= 11 is 0. The highest BCUT2D eigenvalue weighted by atomic mass is 16.2. The smallest absolute Gasteiger partial charge is 0.253 e. The van der Waals surface area contributed by atoms with E-state index < -0.39 is 0 Å². The van der Waals surface area contributed by atoms with Crippen molar-refractivity contribution in [3.63, 3.8) is 0 Å². The molecule has 1 amide bonds. The Kier molecular flexibility index (Phi) is 4.29. The van der Waals surface area contributed by atoms with Crippen LogP contribution in [-0.2, 0) is 12.8 Å². The number of hydrogen-bond acceptors (Lipinski definition) is 2. The fourth-order valence-corrected chi connectivity index (χ4v) is 3.90. The zero-order chi connectivity index (χ0) is 14.8. The molecule has 3 rings (SSSR count). The first-order valence-electron chi connectivity index (χ1n) is 8.31. The second-order valence-corrected chi connectivity index (χ2v) is 6.44. The van der Waals surface area contributed by atoms with E-state index in [9.17, 15) is 4.79 Å². The van der Waals surface area contributed by atoms with Gasteiger partial charge in [-0.15, -0.1) is 0 Å². The van der Waals surface area contributed by atoms with Crippen molar-refractivity contribution in [2.75, 3.05) is 20.1 Å². The Bertz CT molecular complexity index is 526. The zero-order valence-electron chi connectivity index (χ0n) is 13.2. The van der Waals surface area contributed by atoms with Crippen LogP contribution in [0.3, 0.4) is 0 Å². The van der Waals surface area contributed by atoms with Gasteiger partial charge in [-0.05, 0) is 61.9 Å². The first-order chi connectivity index (χ1) is 10.2. The van der Waals surface area contributed by atoms with Crippen molar-refractivity contribution in [2.24, 2.45) is 5.92 Å². The second kappa shape index (κ2) is 6.18. The predicted molar refractivity (Wildman–Crippen MR) is 85.6 cm³/mol. The highest BCUT2D eigenvalue weighted by Crippen LogP contribution is 2.25. The van der Waals surface area contributed by atoms with E-state index in [0.29, 0.717) is 12.0 Å². The summed E-state index contributed by atoms with van der Waals surface area (Å²) in [4.78, 5) is 14.8. The van der Waals surface area contributed by atoms with E-state index in [4.69, 9.17) is 0 Å². The molecule has 1 aromatic rings. The van der Waals surface area contributed by atoms with Crippen molar-refractivity contribution >= 4 is 5.91 Å². The third kappa shape index (κ3) is 2.84. The standard InChI is InChI=1S/C18H26N2O/c1-3-13-12-20(10-9-17(13)19-2)18(21)16-8-7-14-5-4-6-15(14)11-16/h7-8,11,13,17,19H,3-6,9-10,12H2,1-2H3. The van der Waals surface area contributed by atoms with Crippen LogP contribution in [0.5, 0.6) is 0 Å². The molecule has 1 N–H and O–H groups in total. The lowest BCUT2D eigenvalue weighted by Gasteiger charge is -2.38. The van der Waals surface area contributed by atoms with Crippen LogP contribution in [-0.4, -0.2) is 37.0 Å². The Morgan fingerprint density at radius 3 is 2.90 bits per heavy atom. The topological polar surface area (TPSA) is 32.3 Å². The van der Waals surface area contributed by atoms with E-state index in [1.807, 2.05) is 13.1 Å². The number of benzene rings is 1. The summed E-state index contributed by atoms with van der Waals surface area (Å²) in [5, 5.41) is 3.40. The lowest BCUT2D eigenvalue weighted by Crippen LogP contribution is -2.50. The van der Waals surface area contributed by atoms with Gasteiger partial charge in [0.1, 0.15) is 0 Å². The minimum Gasteiger partial charge on any atom is -0.338 e. The molecular weight excluding hydrogens is 260 g/mol. The van der Waals surface area contributed by atoms with Gasteiger partial charge in [-0.2, -0.15) is 0 Å². The number of rotatable bonds is 3. The van der Waals surface area contributed by atoms with Crippen molar-refractivity contribution in [2.45, 2.75) is 45.1 Å². The van der Waals surface area contributed by atoms with Crippen molar-refractivity contribution in [1.82, 2.24) is 10.2 Å². The molecule has 1 aromatic carbocycles. The van der Waals surface area contributed by atoms with Crippen molar-refractivity contribution in [3.8, 4) is 0 Å². The van der Waals surface area contributed by atoms with Crippen LogP contribution in [0.15, 0.2) is 18.2 Å². The number of nitrogens with one attached hydrogen (secondary N) is 1. The summed E-state index contributed by atoms with van der Waals surface area (Å²) in [6, 6.07) is 6.87. The molecule has 3 nitrogen and oxygen atoms in total. The highest BCUT2D eigenvalue weighted by Gasteiger charge is 2.30. The molecule has 0 radical (unpaired) electrons. The van der Waals surface area contributed by atoms with Gasteiger partial charge in [0.05, 0.1) is 0 Å². The first kappa shape index (κ1) is 14.6. The van der Waals surface area contributed by atoms with Gasteiger partial charge >= 0.3 is 0 Å². The molecular formula is C18H26N2O. The Balaban J connectivity index is 1.73. The molecule has 21 heavy (non-hydrogen) atoms. The average Bonchev–Trinajstić information content (AvgIpc) is 3.00. The summed E-state index contributed by atoms with van der Waals surface area (Å²) in [6.45, 7) is 3.98. The summed E-state index contributed by atoms with van der Waals surface area (Å²) in [5.74, 6) is 0.792. The number of piperidine rings is 1. The van der Waals surface area contributed by atoms with Gasteiger partial charge in [-0.1, -0.05) is 19.4 Å². The molecule has 0 bridgehead atoms. The molecule has 1 aliphatic carbocycles. The van der Waals surface area contributed by atoms with Crippen LogP contribution >= 0.6 is 0 Å². The molecule has 1 saturated heterocycles. The van der Waals surface area contributed by atoms with E-state index >= 15 is 0 Å². The molecule has 2 atom stereocenters. The fourth-order valence-electron chi connectivity index (χ4n) is 3.90. The summed E-state index contributed by atoms with van der Waals surface area (Å²) in [7, 11) is 2.03. The monoisotopic (exact) mass is 286 g/mol. The SMILES string of the molecule is CCC1CN(C(=O)c2ccc3c(c2)CCC3)CCC1NC. The first-order valence-corrected chi connectivity index (χ1v) is 8.31. The molecule has 0 saturated carbocycles. The summed E-state index contributed by atoms with van der Waals surface area (Å²) in [6.07, 6.45) is 5.73. The van der Waals surface area contributed by atoms with Crippen LogP contribution in [0, 0.1) is 5.92 Å². The lowest BCUT2D eigenvalue weighted by molar-refractivity contribution is 0.0631. The minimum atomic E-state index is 0.220. The molecule has 1 aliphatic heterocycles. The Morgan fingerprint density at radius 1 is 1.33 bits per heavy atom. The number of nitrogens with zero attached hydrogens (tertiary/aromatic N) is 1. The number of carbonyl (C=O) groups excluding carboxylic acids is 1. The minimum absolute atomic E-state index is 0.220. The number of carbonyl (C=O) groups is 1. The number of likely N-dealkylation sites (tertiary alicyclic amines) is 1. The number of aryl methyl sites for hydroxylation is 2. The van der Waals surface area contributed by atoms with Gasteiger partial charge in [0, 0.05) is 24.7 Å². The Morgan fingerprint density at radius 2 is 2.14 bits per heavy atom. The molecule has 1 heterocycles. The fraction of sp³-hybridized carbons (Fsp3) is 0.611. The largest absolute Gasteiger partial charge is 0.338 e. The van der Waals surface area contributed by atoms with E-state index in [1.165, 1.54) is 24.0 Å². The molecule has 0 aromatic heterocycles. The van der Waals surface area contributed by atoms with Crippen LogP contribution in [0.25, 0.3) is 0 Å². The number of fused-ring (bicyclic) bond motifs is 1. The predicted octanol–water partition coefficient (Wildman–Crippen LogP) is 2.64. The molecule has 1 fully saturated rings. The van der Waals surface area contributed by atoms with Crippen LogP contribution in [0.1, 0.15) is 47.7 Å². The van der Waals surface area contributed by atoms with Crippen LogP contribution in [0.4, 0.5) is 0 Å². The van der Waals surface area contributed by atoms with E-state index in [-0.39, 0.29) is 5.91 Å². The van der Waals surface area contributed by atoms with Crippen molar-refractivity contribution < 1.29 is 4.79 Å². The van der Waals surface area contributed by atoms with Crippen LogP contribution < -0.4 is 5.32 Å². The van der Waals surface area contributed by atoms with Gasteiger partial charge in [0.15, 0.2) is 0 Å². The summed E-state index contributed by atoms with van der Waals surface area (Å²) < 4.78 is 0. The third-order valence-corrected chi connectivity index (χ3v) is 5.26. The molecule has 2 aliphatic rings. The maximum absolute atomic E-state index is 12.8. The second-order valence-electron chi connectivity index (χ2n) is 6.44. The molecule has 0 spiro atoms. The zero-order valence-corrected chi connectivity index (χ0v) is 13.2. The maximum Gasteiger partial charge on any atom is 0.253 e. The van der Waals surface area contributed by atoms with Gasteiger partial charge in [0.2, 0.25) is 0 Å². The van der Waals surface area contributed by atoms with Gasteiger partial charge in [-0.3, -0.25) is 4.79 Å². The third-order valence-electron chi connectivity index (χ3n) is 5.26. The van der Waals surface area contributed by atoms with Crippen molar-refractivity contribution in [1.29, 1.82) is 0 Å². The average molecular weight is 286 g/mol. The van der Waals surface area contributed by atoms with Gasteiger partial charge in [0.25, 0.3) is 5.91 Å². The Labute approximate surface area is 127 Å². The molecule has 3 heteroatoms. The van der Waals surface area contributed by atoms with Crippen molar-refractivity contribution in [3.05, 3.63) is 34.9 Å². The number of hydrogen-bond donors (Lipinski definition) is 1. The van der Waals surface area contributed by atoms with E-state index in [0.717, 1.165) is 37.9 Å².